The number of hydrogen-bond acceptors (Lipinski definition) is 4. The second-order valence-corrected chi connectivity index (χ2v) is 3.40. The van der Waals surface area contributed by atoms with E-state index in [1.807, 2.05) is 0 Å². The highest BCUT2D eigenvalue weighted by Crippen LogP contribution is 2.23. The van der Waals surface area contributed by atoms with Crippen molar-refractivity contribution in [2.45, 2.75) is 13.3 Å². The minimum absolute atomic E-state index is 0.0653. The first-order chi connectivity index (χ1) is 7.63. The number of aromatic nitrogens is 2. The lowest BCUT2D eigenvalue weighted by Crippen LogP contribution is -2.00. The number of carboxylic acids is 1. The summed E-state index contributed by atoms with van der Waals surface area (Å²) in [5, 5.41) is 11.5. The van der Waals surface area contributed by atoms with Crippen molar-refractivity contribution in [2.75, 3.05) is 0 Å². The van der Waals surface area contributed by atoms with Crippen LogP contribution < -0.4 is 0 Å². The molecule has 0 spiro atoms. The van der Waals surface area contributed by atoms with E-state index in [1.54, 1.807) is 29.5 Å². The number of carboxylic acid groups (broad SMARTS) is 1. The molecule has 0 aliphatic heterocycles. The van der Waals surface area contributed by atoms with Gasteiger partial charge in [-0.1, -0.05) is 6.07 Å². The Morgan fingerprint density at radius 1 is 1.56 bits per heavy atom. The SMILES string of the molecule is Cc1cccc2nc(CC(=O)O)c(N=O)n12. The Labute approximate surface area is 90.5 Å². The largest absolute Gasteiger partial charge is 0.481 e. The molecule has 0 radical (unpaired) electrons. The van der Waals surface area contributed by atoms with Gasteiger partial charge in [-0.3, -0.25) is 9.20 Å². The van der Waals surface area contributed by atoms with Crippen LogP contribution in [-0.4, -0.2) is 20.5 Å². The summed E-state index contributed by atoms with van der Waals surface area (Å²) in [7, 11) is 0. The van der Waals surface area contributed by atoms with E-state index in [0.717, 1.165) is 5.69 Å². The molecule has 82 valence electrons. The van der Waals surface area contributed by atoms with Crippen LogP contribution in [-0.2, 0) is 11.2 Å². The zero-order valence-corrected chi connectivity index (χ0v) is 8.54. The molecule has 0 aliphatic carbocycles. The predicted octanol–water partition coefficient (Wildman–Crippen LogP) is 1.67. The van der Waals surface area contributed by atoms with E-state index in [2.05, 4.69) is 10.2 Å². The average molecular weight is 219 g/mol. The fraction of sp³-hybridized carbons (Fsp3) is 0.200. The maximum absolute atomic E-state index is 10.7. The first-order valence-electron chi connectivity index (χ1n) is 4.65. The van der Waals surface area contributed by atoms with Crippen LogP contribution in [0.5, 0.6) is 0 Å². The molecule has 0 amide bonds. The number of carbonyl (C=O) groups is 1. The molecule has 0 unspecified atom stereocenters. The number of rotatable bonds is 3. The number of fused-ring (bicyclic) bond motifs is 1. The lowest BCUT2D eigenvalue weighted by atomic mass is 10.3. The molecule has 2 aromatic heterocycles. The van der Waals surface area contributed by atoms with Gasteiger partial charge in [0, 0.05) is 5.69 Å². The van der Waals surface area contributed by atoms with Gasteiger partial charge in [-0.05, 0) is 24.2 Å². The van der Waals surface area contributed by atoms with Gasteiger partial charge in [-0.2, -0.15) is 0 Å². The van der Waals surface area contributed by atoms with Crippen molar-refractivity contribution >= 4 is 17.4 Å². The summed E-state index contributed by atoms with van der Waals surface area (Å²) in [5.74, 6) is -0.971. The minimum atomic E-state index is -1.04. The second kappa shape index (κ2) is 3.73. The Bertz CT molecular complexity index is 574. The molecular weight excluding hydrogens is 210 g/mol. The molecule has 0 atom stereocenters. The van der Waals surface area contributed by atoms with E-state index >= 15 is 0 Å². The van der Waals surface area contributed by atoms with Gasteiger partial charge in [0.15, 0.2) is 0 Å². The lowest BCUT2D eigenvalue weighted by Gasteiger charge is -1.98. The standard InChI is InChI=1S/C10H9N3O3/c1-6-3-2-4-8-11-7(5-9(14)15)10(12-16)13(6)8/h2-4H,5H2,1H3,(H,14,15). The van der Waals surface area contributed by atoms with Crippen LogP contribution in [0.25, 0.3) is 5.65 Å². The number of pyridine rings is 1. The molecule has 2 heterocycles. The van der Waals surface area contributed by atoms with Crippen molar-refractivity contribution in [3.8, 4) is 0 Å². The van der Waals surface area contributed by atoms with Crippen molar-refractivity contribution in [1.29, 1.82) is 0 Å². The summed E-state index contributed by atoms with van der Waals surface area (Å²) in [4.78, 5) is 25.4. The van der Waals surface area contributed by atoms with E-state index in [1.165, 1.54) is 0 Å². The van der Waals surface area contributed by atoms with E-state index in [-0.39, 0.29) is 17.9 Å². The molecule has 0 saturated carbocycles. The molecule has 0 aromatic carbocycles. The molecule has 16 heavy (non-hydrogen) atoms. The van der Waals surface area contributed by atoms with E-state index < -0.39 is 5.97 Å². The Balaban J connectivity index is 2.71. The Morgan fingerprint density at radius 3 is 2.94 bits per heavy atom. The van der Waals surface area contributed by atoms with Gasteiger partial charge in [-0.25, -0.2) is 4.98 Å². The molecule has 1 N–H and O–H groups in total. The average Bonchev–Trinajstić information content (AvgIpc) is 2.55. The fourth-order valence-electron chi connectivity index (χ4n) is 1.64. The normalized spacial score (nSPS) is 10.6. The van der Waals surface area contributed by atoms with Crippen molar-refractivity contribution in [3.63, 3.8) is 0 Å². The van der Waals surface area contributed by atoms with Crippen LogP contribution in [0.3, 0.4) is 0 Å². The first kappa shape index (κ1) is 10.3. The van der Waals surface area contributed by atoms with Gasteiger partial charge in [0.2, 0.25) is 5.82 Å². The molecule has 0 fully saturated rings. The van der Waals surface area contributed by atoms with Crippen molar-refractivity contribution in [3.05, 3.63) is 34.5 Å². The highest BCUT2D eigenvalue weighted by atomic mass is 16.4. The Hall–Kier alpha value is -2.24. The number of nitrogens with zero attached hydrogens (tertiary/aromatic N) is 3. The van der Waals surface area contributed by atoms with Crippen LogP contribution in [0, 0.1) is 11.8 Å². The smallest absolute Gasteiger partial charge is 0.309 e. The molecule has 2 rings (SSSR count). The second-order valence-electron chi connectivity index (χ2n) is 3.40. The summed E-state index contributed by atoms with van der Waals surface area (Å²) in [6.07, 6.45) is -0.303. The van der Waals surface area contributed by atoms with Crippen LogP contribution in [0.2, 0.25) is 0 Å². The van der Waals surface area contributed by atoms with Gasteiger partial charge >= 0.3 is 5.97 Å². The zero-order chi connectivity index (χ0) is 11.7. The highest BCUT2D eigenvalue weighted by Gasteiger charge is 2.16. The van der Waals surface area contributed by atoms with E-state index in [4.69, 9.17) is 5.11 Å². The van der Waals surface area contributed by atoms with Crippen LogP contribution in [0.1, 0.15) is 11.4 Å². The quantitative estimate of drug-likeness (QED) is 0.795. The zero-order valence-electron chi connectivity index (χ0n) is 8.54. The molecule has 0 bridgehead atoms. The number of hydrogen-bond donors (Lipinski definition) is 1. The van der Waals surface area contributed by atoms with Gasteiger partial charge in [-0.15, -0.1) is 4.91 Å². The monoisotopic (exact) mass is 219 g/mol. The minimum Gasteiger partial charge on any atom is -0.481 e. The van der Waals surface area contributed by atoms with Crippen LogP contribution >= 0.6 is 0 Å². The number of aliphatic carboxylic acids is 1. The maximum atomic E-state index is 10.7. The Kier molecular flexibility index (Phi) is 2.40. The third-order valence-electron chi connectivity index (χ3n) is 2.29. The van der Waals surface area contributed by atoms with Gasteiger partial charge in [0.1, 0.15) is 11.3 Å². The number of aryl methyl sites for hydroxylation is 1. The molecule has 6 nitrogen and oxygen atoms in total. The molecule has 0 aliphatic rings. The predicted molar refractivity (Wildman–Crippen MR) is 56.7 cm³/mol. The molecular formula is C10H9N3O3. The third kappa shape index (κ3) is 1.54. The molecule has 2 aromatic rings. The lowest BCUT2D eigenvalue weighted by molar-refractivity contribution is -0.136. The van der Waals surface area contributed by atoms with Crippen molar-refractivity contribution in [1.82, 2.24) is 9.38 Å². The fourth-order valence-corrected chi connectivity index (χ4v) is 1.64. The first-order valence-corrected chi connectivity index (χ1v) is 4.65. The van der Waals surface area contributed by atoms with Gasteiger partial charge in [0.05, 0.1) is 6.42 Å². The molecule has 6 heteroatoms. The van der Waals surface area contributed by atoms with E-state index in [0.29, 0.717) is 5.65 Å². The number of nitroso groups, excluding NO2 is 1. The van der Waals surface area contributed by atoms with Crippen molar-refractivity contribution in [2.24, 2.45) is 5.18 Å². The summed E-state index contributed by atoms with van der Waals surface area (Å²) in [6.45, 7) is 1.80. The van der Waals surface area contributed by atoms with Crippen LogP contribution in [0.4, 0.5) is 5.82 Å². The topological polar surface area (TPSA) is 84.0 Å². The summed E-state index contributed by atoms with van der Waals surface area (Å²) < 4.78 is 1.55. The Morgan fingerprint density at radius 2 is 2.31 bits per heavy atom. The summed E-state index contributed by atoms with van der Waals surface area (Å²) in [5.41, 5.74) is 1.51. The van der Waals surface area contributed by atoms with Gasteiger partial charge < -0.3 is 5.11 Å². The van der Waals surface area contributed by atoms with E-state index in [9.17, 15) is 9.70 Å². The van der Waals surface area contributed by atoms with Crippen LogP contribution in [0.15, 0.2) is 23.4 Å². The van der Waals surface area contributed by atoms with Gasteiger partial charge in [0.25, 0.3) is 0 Å². The summed E-state index contributed by atoms with van der Waals surface area (Å²) in [6, 6.07) is 5.29. The highest BCUT2D eigenvalue weighted by molar-refractivity contribution is 5.72. The summed E-state index contributed by atoms with van der Waals surface area (Å²) >= 11 is 0. The third-order valence-corrected chi connectivity index (χ3v) is 2.29. The van der Waals surface area contributed by atoms with Crippen molar-refractivity contribution < 1.29 is 9.90 Å². The number of imidazole rings is 1. The maximum Gasteiger partial charge on any atom is 0.309 e. The molecule has 0 saturated heterocycles.